The number of rotatable bonds is 12. The van der Waals surface area contributed by atoms with Gasteiger partial charge in [0.15, 0.2) is 14.6 Å². The van der Waals surface area contributed by atoms with Crippen LogP contribution in [-0.2, 0) is 25.9 Å². The van der Waals surface area contributed by atoms with Gasteiger partial charge in [-0.05, 0) is 60.1 Å². The van der Waals surface area contributed by atoms with Crippen molar-refractivity contribution in [2.24, 2.45) is 0 Å². The highest BCUT2D eigenvalue weighted by atomic mass is 35.5. The van der Waals surface area contributed by atoms with Crippen molar-refractivity contribution in [3.63, 3.8) is 0 Å². The largest absolute Gasteiger partial charge is 0.493 e. The standard InChI is InChI=1S/C25H31ClN6O6S/c1-37-17-15-30-13-10-25(11-14-30,24(33)28-34)39(35,36)23-8-6-22(7-9-23)38-16-3-12-32-27-19-31(29-32)21-5-2-4-20(26)18-21/h2,4-9,18-19H,3,10-17H2,1H3,(H-,27,28,29,33,34)/p+1. The SMILES string of the molecule is COCCN1CCC(C(=O)NO)(S(=O)(=O)c2ccc(OCCCn3nc[n+](-c4cccc(Cl)c4)n3)cc2)CC1. The van der Waals surface area contributed by atoms with Gasteiger partial charge in [-0.25, -0.2) is 13.9 Å². The molecule has 2 N–H and O–H groups in total. The smallest absolute Gasteiger partial charge is 0.291 e. The van der Waals surface area contributed by atoms with Gasteiger partial charge in [0, 0.05) is 38.2 Å². The lowest BCUT2D eigenvalue weighted by Crippen LogP contribution is -2.57. The van der Waals surface area contributed by atoms with E-state index in [0.29, 0.717) is 56.6 Å². The average molecular weight is 580 g/mol. The van der Waals surface area contributed by atoms with Crippen LogP contribution in [0.25, 0.3) is 5.69 Å². The van der Waals surface area contributed by atoms with E-state index >= 15 is 0 Å². The van der Waals surface area contributed by atoms with Crippen molar-refractivity contribution in [1.29, 1.82) is 0 Å². The third kappa shape index (κ3) is 6.56. The molecule has 0 saturated carbocycles. The number of carbonyl (C=O) groups excluding carboxylic acids is 1. The van der Waals surface area contributed by atoms with E-state index in [4.69, 9.17) is 21.1 Å². The highest BCUT2D eigenvalue weighted by Crippen LogP contribution is 2.36. The molecular formula is C25H32ClN6O6S+. The summed E-state index contributed by atoms with van der Waals surface area (Å²) in [6.45, 7) is 2.80. The number of benzene rings is 2. The molecule has 3 aromatic rings. The van der Waals surface area contributed by atoms with E-state index in [2.05, 4.69) is 10.3 Å². The van der Waals surface area contributed by atoms with E-state index < -0.39 is 20.5 Å². The molecule has 0 spiro atoms. The molecule has 1 aromatic heterocycles. The van der Waals surface area contributed by atoms with Crippen molar-refractivity contribution >= 4 is 27.3 Å². The number of hydroxylamine groups is 1. The van der Waals surface area contributed by atoms with Gasteiger partial charge < -0.3 is 14.4 Å². The maximum atomic E-state index is 13.6. The fraction of sp³-hybridized carbons (Fsp3) is 0.440. The first-order chi connectivity index (χ1) is 18.8. The molecule has 1 aliphatic rings. The normalized spacial score (nSPS) is 15.7. The summed E-state index contributed by atoms with van der Waals surface area (Å²) < 4.78 is 37.9. The Kier molecular flexibility index (Phi) is 9.51. The van der Waals surface area contributed by atoms with E-state index in [0.717, 1.165) is 5.69 Å². The number of methoxy groups -OCH3 is 1. The molecule has 2 aromatic carbocycles. The summed E-state index contributed by atoms with van der Waals surface area (Å²) in [5.41, 5.74) is 2.38. The monoisotopic (exact) mass is 579 g/mol. The number of aryl methyl sites for hydroxylation is 1. The van der Waals surface area contributed by atoms with Gasteiger partial charge in [0.05, 0.1) is 28.4 Å². The van der Waals surface area contributed by atoms with Crippen LogP contribution < -0.4 is 14.9 Å². The molecule has 0 unspecified atom stereocenters. The van der Waals surface area contributed by atoms with Crippen molar-refractivity contribution < 1.29 is 32.6 Å². The Labute approximate surface area is 231 Å². The maximum absolute atomic E-state index is 13.6. The van der Waals surface area contributed by atoms with Crippen LogP contribution in [0.15, 0.2) is 59.8 Å². The molecule has 210 valence electrons. The Balaban J connectivity index is 1.34. The Morgan fingerprint density at radius 3 is 2.56 bits per heavy atom. The number of tetrazole rings is 1. The molecule has 0 aliphatic carbocycles. The van der Waals surface area contributed by atoms with Crippen LogP contribution in [0.5, 0.6) is 5.75 Å². The first-order valence-electron chi connectivity index (χ1n) is 12.5. The molecule has 1 fully saturated rings. The number of carbonyl (C=O) groups is 1. The number of sulfone groups is 1. The van der Waals surface area contributed by atoms with Gasteiger partial charge in [-0.1, -0.05) is 17.7 Å². The molecule has 14 heteroatoms. The van der Waals surface area contributed by atoms with E-state index in [-0.39, 0.29) is 17.7 Å². The number of halogens is 1. The molecule has 1 saturated heterocycles. The fourth-order valence-corrected chi connectivity index (χ4v) is 6.66. The van der Waals surface area contributed by atoms with Gasteiger partial charge >= 0.3 is 0 Å². The number of ether oxygens (including phenoxy) is 2. The highest BCUT2D eigenvalue weighted by molar-refractivity contribution is 7.93. The first kappa shape index (κ1) is 28.9. The topological polar surface area (TPSA) is 140 Å². The van der Waals surface area contributed by atoms with Crippen LogP contribution in [0.3, 0.4) is 0 Å². The van der Waals surface area contributed by atoms with E-state index in [1.807, 2.05) is 17.0 Å². The number of hydrogen-bond donors (Lipinski definition) is 2. The second kappa shape index (κ2) is 12.8. The molecule has 2 heterocycles. The number of amides is 1. The summed E-state index contributed by atoms with van der Waals surface area (Å²) in [6, 6.07) is 13.3. The second-order valence-electron chi connectivity index (χ2n) is 9.19. The zero-order chi connectivity index (χ0) is 27.9. The number of likely N-dealkylation sites (tertiary alicyclic amines) is 1. The summed E-state index contributed by atoms with van der Waals surface area (Å²) in [4.78, 5) is 16.2. The summed E-state index contributed by atoms with van der Waals surface area (Å²) in [7, 11) is -2.50. The zero-order valence-corrected chi connectivity index (χ0v) is 23.1. The van der Waals surface area contributed by atoms with Crippen molar-refractivity contribution in [1.82, 2.24) is 25.5 Å². The van der Waals surface area contributed by atoms with Gasteiger partial charge in [0.2, 0.25) is 0 Å². The molecule has 39 heavy (non-hydrogen) atoms. The van der Waals surface area contributed by atoms with Gasteiger partial charge in [-0.2, -0.15) is 0 Å². The molecule has 12 nitrogen and oxygen atoms in total. The molecule has 0 bridgehead atoms. The molecular weight excluding hydrogens is 548 g/mol. The van der Waals surface area contributed by atoms with E-state index in [9.17, 15) is 18.4 Å². The van der Waals surface area contributed by atoms with Gasteiger partial charge in [0.1, 0.15) is 18.0 Å². The Morgan fingerprint density at radius 1 is 1.15 bits per heavy atom. The van der Waals surface area contributed by atoms with Gasteiger partial charge in [0.25, 0.3) is 12.2 Å². The predicted octanol–water partition coefficient (Wildman–Crippen LogP) is 1.44. The van der Waals surface area contributed by atoms with Crippen molar-refractivity contribution in [2.75, 3.05) is 40.0 Å². The van der Waals surface area contributed by atoms with Gasteiger partial charge in [-0.3, -0.25) is 10.0 Å². The van der Waals surface area contributed by atoms with Crippen molar-refractivity contribution in [2.45, 2.75) is 35.4 Å². The van der Waals surface area contributed by atoms with Crippen molar-refractivity contribution in [3.05, 3.63) is 59.9 Å². The lowest BCUT2D eigenvalue weighted by atomic mass is 9.95. The summed E-state index contributed by atoms with van der Waals surface area (Å²) >= 11 is 6.03. The van der Waals surface area contributed by atoms with Crippen LogP contribution in [-0.4, -0.2) is 84.2 Å². The Hall–Kier alpha value is -3.10. The number of nitrogens with zero attached hydrogens (tertiary/aromatic N) is 5. The molecule has 0 radical (unpaired) electrons. The number of piperidine rings is 1. The number of aromatic nitrogens is 4. The minimum absolute atomic E-state index is 0.00453. The summed E-state index contributed by atoms with van der Waals surface area (Å²) in [6.07, 6.45) is 2.33. The van der Waals surface area contributed by atoms with Gasteiger partial charge in [-0.15, -0.1) is 4.68 Å². The van der Waals surface area contributed by atoms with Crippen LogP contribution in [0.1, 0.15) is 19.3 Å². The average Bonchev–Trinajstić information content (AvgIpc) is 3.43. The summed E-state index contributed by atoms with van der Waals surface area (Å²) in [5, 5.41) is 18.6. The Morgan fingerprint density at radius 2 is 1.90 bits per heavy atom. The third-order valence-electron chi connectivity index (χ3n) is 6.78. The predicted molar refractivity (Wildman–Crippen MR) is 141 cm³/mol. The molecule has 1 aliphatic heterocycles. The zero-order valence-electron chi connectivity index (χ0n) is 21.6. The third-order valence-corrected chi connectivity index (χ3v) is 9.53. The first-order valence-corrected chi connectivity index (χ1v) is 14.4. The Bertz CT molecular complexity index is 1360. The minimum Gasteiger partial charge on any atom is -0.493 e. The lowest BCUT2D eigenvalue weighted by molar-refractivity contribution is -0.662. The van der Waals surface area contributed by atoms with Crippen LogP contribution in [0.2, 0.25) is 5.02 Å². The van der Waals surface area contributed by atoms with Crippen LogP contribution in [0, 0.1) is 0 Å². The van der Waals surface area contributed by atoms with Crippen molar-refractivity contribution in [3.8, 4) is 11.4 Å². The molecule has 0 atom stereocenters. The van der Waals surface area contributed by atoms with Crippen LogP contribution >= 0.6 is 11.6 Å². The minimum atomic E-state index is -4.10. The van der Waals surface area contributed by atoms with E-state index in [1.54, 1.807) is 52.7 Å². The van der Waals surface area contributed by atoms with E-state index in [1.165, 1.54) is 12.1 Å². The highest BCUT2D eigenvalue weighted by Gasteiger charge is 2.52. The second-order valence-corrected chi connectivity index (χ2v) is 11.9. The fourth-order valence-electron chi connectivity index (χ4n) is 4.52. The number of nitrogens with one attached hydrogen (secondary N) is 1. The lowest BCUT2D eigenvalue weighted by Gasteiger charge is -2.39. The molecule has 4 rings (SSSR count). The molecule has 1 amide bonds. The quantitative estimate of drug-likeness (QED) is 0.141. The summed E-state index contributed by atoms with van der Waals surface area (Å²) in [5.74, 6) is -0.426. The number of hydrogen-bond acceptors (Lipinski definition) is 9. The van der Waals surface area contributed by atoms with Crippen LogP contribution in [0.4, 0.5) is 0 Å². The maximum Gasteiger partial charge on any atom is 0.291 e.